The molecule has 0 aliphatic carbocycles. The number of aryl methyl sites for hydroxylation is 1. The van der Waals surface area contributed by atoms with Crippen molar-refractivity contribution in [3.63, 3.8) is 0 Å². The molecule has 100 valence electrons. The molecule has 4 nitrogen and oxygen atoms in total. The molecule has 1 heterocycles. The second kappa shape index (κ2) is 6.50. The lowest BCUT2D eigenvalue weighted by Gasteiger charge is -2.09. The molecule has 0 amide bonds. The quantitative estimate of drug-likeness (QED) is 0.912. The van der Waals surface area contributed by atoms with E-state index >= 15 is 0 Å². The molecule has 1 aromatic carbocycles. The number of anilines is 1. The fraction of sp³-hybridized carbons (Fsp3) is 0.286. The van der Waals surface area contributed by atoms with Crippen molar-refractivity contribution in [2.45, 2.75) is 20.1 Å². The molecule has 0 saturated carbocycles. The maximum absolute atomic E-state index is 6.11. The minimum absolute atomic E-state index is 0.405. The number of rotatable bonds is 5. The van der Waals surface area contributed by atoms with E-state index in [2.05, 4.69) is 15.3 Å². The van der Waals surface area contributed by atoms with E-state index in [0.29, 0.717) is 19.0 Å². The number of nitrogens with zero attached hydrogens (tertiary/aromatic N) is 2. The highest BCUT2D eigenvalue weighted by Crippen LogP contribution is 2.16. The van der Waals surface area contributed by atoms with Crippen molar-refractivity contribution >= 4 is 17.4 Å². The van der Waals surface area contributed by atoms with Crippen LogP contribution in [0.5, 0.6) is 0 Å². The lowest BCUT2D eigenvalue weighted by molar-refractivity contribution is 0.177. The van der Waals surface area contributed by atoms with Gasteiger partial charge in [-0.25, -0.2) is 9.97 Å². The van der Waals surface area contributed by atoms with Crippen LogP contribution < -0.4 is 5.32 Å². The van der Waals surface area contributed by atoms with Crippen LogP contribution in [0.4, 0.5) is 5.82 Å². The third-order valence-corrected chi connectivity index (χ3v) is 2.96. The maximum atomic E-state index is 6.11. The highest BCUT2D eigenvalue weighted by atomic mass is 35.5. The zero-order valence-electron chi connectivity index (χ0n) is 11.0. The zero-order chi connectivity index (χ0) is 13.7. The minimum atomic E-state index is 0.405. The number of aromatic nitrogens is 2. The van der Waals surface area contributed by atoms with Gasteiger partial charge in [0, 0.05) is 30.4 Å². The Morgan fingerprint density at radius 1 is 1.26 bits per heavy atom. The molecular weight excluding hydrogens is 262 g/mol. The molecule has 1 N–H and O–H groups in total. The molecule has 0 bridgehead atoms. The Bertz CT molecular complexity index is 560. The van der Waals surface area contributed by atoms with Crippen molar-refractivity contribution < 1.29 is 4.74 Å². The van der Waals surface area contributed by atoms with Gasteiger partial charge in [0.15, 0.2) is 5.82 Å². The molecule has 2 aromatic rings. The third kappa shape index (κ3) is 3.91. The second-order valence-electron chi connectivity index (χ2n) is 4.19. The van der Waals surface area contributed by atoms with Crippen LogP contribution in [0.15, 0.2) is 30.3 Å². The largest absolute Gasteiger partial charge is 0.377 e. The first-order valence-corrected chi connectivity index (χ1v) is 6.37. The maximum Gasteiger partial charge on any atom is 0.156 e. The van der Waals surface area contributed by atoms with Gasteiger partial charge in [0.1, 0.15) is 12.4 Å². The van der Waals surface area contributed by atoms with Gasteiger partial charge in [-0.05, 0) is 18.6 Å². The van der Waals surface area contributed by atoms with Crippen molar-refractivity contribution in [2.24, 2.45) is 0 Å². The van der Waals surface area contributed by atoms with Gasteiger partial charge in [0.2, 0.25) is 0 Å². The standard InChI is InChI=1S/C14H16ClN3O/c1-10-7-13(18-14(17-10)9-19-2)16-8-11-5-3-4-6-12(11)15/h3-7H,8-9H2,1-2H3,(H,16,17,18). The van der Waals surface area contributed by atoms with E-state index in [1.165, 1.54) is 0 Å². The minimum Gasteiger partial charge on any atom is -0.377 e. The van der Waals surface area contributed by atoms with E-state index in [1.54, 1.807) is 7.11 Å². The molecule has 0 aliphatic heterocycles. The van der Waals surface area contributed by atoms with Gasteiger partial charge in [0.05, 0.1) is 0 Å². The molecule has 0 aliphatic rings. The van der Waals surface area contributed by atoms with Crippen LogP contribution >= 0.6 is 11.6 Å². The van der Waals surface area contributed by atoms with Crippen LogP contribution in [0, 0.1) is 6.92 Å². The molecule has 19 heavy (non-hydrogen) atoms. The van der Waals surface area contributed by atoms with Crippen molar-refractivity contribution in [1.29, 1.82) is 0 Å². The van der Waals surface area contributed by atoms with Crippen molar-refractivity contribution in [1.82, 2.24) is 9.97 Å². The average Bonchev–Trinajstić information content (AvgIpc) is 2.37. The van der Waals surface area contributed by atoms with Crippen LogP contribution in [-0.2, 0) is 17.9 Å². The van der Waals surface area contributed by atoms with Gasteiger partial charge in [-0.1, -0.05) is 29.8 Å². The van der Waals surface area contributed by atoms with Crippen molar-refractivity contribution in [3.8, 4) is 0 Å². The molecule has 0 atom stereocenters. The van der Waals surface area contributed by atoms with E-state index in [9.17, 15) is 0 Å². The van der Waals surface area contributed by atoms with Gasteiger partial charge in [-0.15, -0.1) is 0 Å². The molecule has 1 aromatic heterocycles. The highest BCUT2D eigenvalue weighted by Gasteiger charge is 2.03. The van der Waals surface area contributed by atoms with Gasteiger partial charge in [-0.2, -0.15) is 0 Å². The van der Waals surface area contributed by atoms with E-state index in [4.69, 9.17) is 16.3 Å². The summed E-state index contributed by atoms with van der Waals surface area (Å²) in [5.74, 6) is 1.45. The summed E-state index contributed by atoms with van der Waals surface area (Å²) in [5.41, 5.74) is 1.94. The predicted molar refractivity (Wildman–Crippen MR) is 76.3 cm³/mol. The van der Waals surface area contributed by atoms with Crippen molar-refractivity contribution in [3.05, 3.63) is 52.4 Å². The zero-order valence-corrected chi connectivity index (χ0v) is 11.7. The highest BCUT2D eigenvalue weighted by molar-refractivity contribution is 6.31. The first-order chi connectivity index (χ1) is 9.19. The predicted octanol–water partition coefficient (Wildman–Crippen LogP) is 3.20. The monoisotopic (exact) mass is 277 g/mol. The number of benzene rings is 1. The first kappa shape index (κ1) is 13.8. The Kier molecular flexibility index (Phi) is 4.71. The number of ether oxygens (including phenoxy) is 1. The SMILES string of the molecule is COCc1nc(C)cc(NCc2ccccc2Cl)n1. The van der Waals surface area contributed by atoms with Crippen molar-refractivity contribution in [2.75, 3.05) is 12.4 Å². The van der Waals surface area contributed by atoms with Crippen LogP contribution in [0.3, 0.4) is 0 Å². The Morgan fingerprint density at radius 2 is 2.05 bits per heavy atom. The summed E-state index contributed by atoms with van der Waals surface area (Å²) >= 11 is 6.11. The summed E-state index contributed by atoms with van der Waals surface area (Å²) in [6, 6.07) is 9.64. The summed E-state index contributed by atoms with van der Waals surface area (Å²) in [4.78, 5) is 8.67. The Balaban J connectivity index is 2.09. The molecular formula is C14H16ClN3O. The number of nitrogens with one attached hydrogen (secondary N) is 1. The van der Waals surface area contributed by atoms with Gasteiger partial charge >= 0.3 is 0 Å². The summed E-state index contributed by atoms with van der Waals surface area (Å²) in [6.07, 6.45) is 0. The fourth-order valence-electron chi connectivity index (χ4n) is 1.74. The third-order valence-electron chi connectivity index (χ3n) is 2.59. The fourth-order valence-corrected chi connectivity index (χ4v) is 1.94. The lowest BCUT2D eigenvalue weighted by atomic mass is 10.2. The lowest BCUT2D eigenvalue weighted by Crippen LogP contribution is -2.06. The summed E-state index contributed by atoms with van der Waals surface area (Å²) in [7, 11) is 1.63. The Hall–Kier alpha value is -1.65. The topological polar surface area (TPSA) is 47.0 Å². The van der Waals surface area contributed by atoms with E-state index in [1.807, 2.05) is 37.3 Å². The summed E-state index contributed by atoms with van der Waals surface area (Å²) < 4.78 is 5.05. The number of hydrogen-bond acceptors (Lipinski definition) is 4. The second-order valence-corrected chi connectivity index (χ2v) is 4.60. The van der Waals surface area contributed by atoms with Crippen LogP contribution in [-0.4, -0.2) is 17.1 Å². The molecule has 0 spiro atoms. The number of hydrogen-bond donors (Lipinski definition) is 1. The number of methoxy groups -OCH3 is 1. The number of halogens is 1. The first-order valence-electron chi connectivity index (χ1n) is 6.00. The van der Waals surface area contributed by atoms with Gasteiger partial charge < -0.3 is 10.1 Å². The summed E-state index contributed by atoms with van der Waals surface area (Å²) in [6.45, 7) is 2.96. The molecule has 0 radical (unpaired) electrons. The smallest absolute Gasteiger partial charge is 0.156 e. The van der Waals surface area contributed by atoms with E-state index in [-0.39, 0.29) is 0 Å². The normalized spacial score (nSPS) is 10.5. The average molecular weight is 278 g/mol. The Morgan fingerprint density at radius 3 is 2.79 bits per heavy atom. The molecule has 0 unspecified atom stereocenters. The van der Waals surface area contributed by atoms with E-state index in [0.717, 1.165) is 22.1 Å². The molecule has 2 rings (SSSR count). The Labute approximate surface area is 117 Å². The van der Waals surface area contributed by atoms with Gasteiger partial charge in [0.25, 0.3) is 0 Å². The van der Waals surface area contributed by atoms with Crippen LogP contribution in [0.2, 0.25) is 5.02 Å². The molecule has 0 saturated heterocycles. The summed E-state index contributed by atoms with van der Waals surface area (Å²) in [5, 5.41) is 4.00. The van der Waals surface area contributed by atoms with E-state index < -0.39 is 0 Å². The molecule has 0 fully saturated rings. The van der Waals surface area contributed by atoms with Crippen LogP contribution in [0.1, 0.15) is 17.1 Å². The van der Waals surface area contributed by atoms with Gasteiger partial charge in [-0.3, -0.25) is 0 Å². The molecule has 5 heteroatoms. The van der Waals surface area contributed by atoms with Crippen LogP contribution in [0.25, 0.3) is 0 Å².